The van der Waals surface area contributed by atoms with Gasteiger partial charge < -0.3 is 9.63 Å². The molecule has 4 rings (SSSR count). The highest BCUT2D eigenvalue weighted by molar-refractivity contribution is 7.83. The molecule has 2 aromatic heterocycles. The zero-order valence-electron chi connectivity index (χ0n) is 15.7. The van der Waals surface area contributed by atoms with Crippen molar-refractivity contribution < 1.29 is 18.6 Å². The van der Waals surface area contributed by atoms with E-state index in [1.807, 2.05) is 32.0 Å². The lowest BCUT2D eigenvalue weighted by Gasteiger charge is -2.14. The van der Waals surface area contributed by atoms with Crippen molar-refractivity contribution in [2.24, 2.45) is 5.92 Å². The molecule has 8 heteroatoms. The molecule has 3 aromatic rings. The molecular weight excluding hydrogens is 378 g/mol. The van der Waals surface area contributed by atoms with Gasteiger partial charge in [-0.1, -0.05) is 15.8 Å². The third-order valence-electron chi connectivity index (χ3n) is 5.36. The predicted molar refractivity (Wildman–Crippen MR) is 106 cm³/mol. The van der Waals surface area contributed by atoms with Gasteiger partial charge in [0, 0.05) is 17.8 Å². The number of aryl methyl sites for hydroxylation is 2. The quantitative estimate of drug-likeness (QED) is 0.503. The Balaban J connectivity index is 1.77. The zero-order chi connectivity index (χ0) is 19.8. The number of thiol groups is 1. The van der Waals surface area contributed by atoms with Gasteiger partial charge in [-0.2, -0.15) is 0 Å². The van der Waals surface area contributed by atoms with Crippen LogP contribution < -0.4 is 4.72 Å². The van der Waals surface area contributed by atoms with E-state index in [1.165, 1.54) is 0 Å². The van der Waals surface area contributed by atoms with Gasteiger partial charge in [-0.25, -0.2) is 0 Å². The molecule has 0 aliphatic heterocycles. The summed E-state index contributed by atoms with van der Waals surface area (Å²) in [5.74, 6) is -0.660. The van der Waals surface area contributed by atoms with Crippen LogP contribution in [0, 0.1) is 19.8 Å². The van der Waals surface area contributed by atoms with Crippen LogP contribution >= 0.6 is 0 Å². The molecule has 0 radical (unpaired) electrons. The third kappa shape index (κ3) is 3.33. The maximum atomic E-state index is 13.3. The molecule has 0 amide bonds. The molecule has 1 aliphatic carbocycles. The molecule has 0 saturated heterocycles. The van der Waals surface area contributed by atoms with Crippen molar-refractivity contribution >= 4 is 27.9 Å². The summed E-state index contributed by atoms with van der Waals surface area (Å²) in [6.07, 6.45) is 3.83. The molecule has 146 valence electrons. The highest BCUT2D eigenvalue weighted by atomic mass is 32.2. The summed E-state index contributed by atoms with van der Waals surface area (Å²) in [4.78, 5) is 16.5. The summed E-state index contributed by atoms with van der Waals surface area (Å²) < 4.78 is 21.6. The number of aliphatic carboxylic acids is 1. The summed E-state index contributed by atoms with van der Waals surface area (Å²) in [6, 6.07) is 7.19. The molecule has 0 bridgehead atoms. The first-order valence-corrected chi connectivity index (χ1v) is 10.5. The Morgan fingerprint density at radius 1 is 1.32 bits per heavy atom. The number of fused-ring (bicyclic) bond motifs is 1. The van der Waals surface area contributed by atoms with E-state index in [1.54, 1.807) is 12.3 Å². The van der Waals surface area contributed by atoms with Crippen LogP contribution in [0.25, 0.3) is 22.0 Å². The molecule has 2 heterocycles. The first-order valence-electron chi connectivity index (χ1n) is 9.24. The average Bonchev–Trinajstić information content (AvgIpc) is 3.27. The number of benzene rings is 1. The number of carboxylic acid groups (broad SMARTS) is 1. The maximum absolute atomic E-state index is 13.3. The fourth-order valence-corrected chi connectivity index (χ4v) is 5.41. The van der Waals surface area contributed by atoms with Crippen molar-refractivity contribution in [3.05, 3.63) is 41.9 Å². The van der Waals surface area contributed by atoms with E-state index < -0.39 is 22.9 Å². The Kier molecular flexibility index (Phi) is 4.99. The van der Waals surface area contributed by atoms with Gasteiger partial charge in [0.2, 0.25) is 0 Å². The lowest BCUT2D eigenvalue weighted by atomic mass is 10.0. The average molecular weight is 400 g/mol. The van der Waals surface area contributed by atoms with Crippen molar-refractivity contribution in [3.63, 3.8) is 0 Å². The van der Waals surface area contributed by atoms with Crippen LogP contribution in [-0.4, -0.2) is 27.3 Å². The van der Waals surface area contributed by atoms with Crippen LogP contribution in [0.1, 0.15) is 30.7 Å². The zero-order valence-corrected chi connectivity index (χ0v) is 16.6. The van der Waals surface area contributed by atoms with Crippen LogP contribution in [0.3, 0.4) is 0 Å². The van der Waals surface area contributed by atoms with E-state index in [9.17, 15) is 14.1 Å². The van der Waals surface area contributed by atoms with E-state index in [4.69, 9.17) is 4.52 Å². The Bertz CT molecular complexity index is 1060. The van der Waals surface area contributed by atoms with Crippen molar-refractivity contribution in [1.82, 2.24) is 14.9 Å². The first kappa shape index (κ1) is 18.8. The van der Waals surface area contributed by atoms with Gasteiger partial charge in [0.15, 0.2) is 15.9 Å². The van der Waals surface area contributed by atoms with E-state index in [-0.39, 0.29) is 6.04 Å². The maximum Gasteiger partial charge on any atom is 0.308 e. The Hall–Kier alpha value is -2.58. The number of hydrogen-bond acceptors (Lipinski definition) is 5. The summed E-state index contributed by atoms with van der Waals surface area (Å²) in [5.41, 5.74) is 3.18. The molecular formula is C20H22N3O4S+. The molecule has 28 heavy (non-hydrogen) atoms. The number of rotatable bonds is 5. The van der Waals surface area contributed by atoms with Crippen LogP contribution in [0.5, 0.6) is 0 Å². The lowest BCUT2D eigenvalue weighted by Crippen LogP contribution is -2.37. The molecule has 2 N–H and O–H groups in total. The number of hydrogen-bond donors (Lipinski definition) is 2. The standard InChI is InChI=1S/C20H21N3O4S/c1-11-19(12(2)27-22-11)13-9-17-14(6-4-8-21-17)18(10-13)28(26)23-16-7-3-5-15(16)20(24)25/h4,6,8-10,15-16H,3,5,7H2,1-2H3,(H,23,26)(H,24,25)/p+1/t15-,16+,28?/m0/s1. The summed E-state index contributed by atoms with van der Waals surface area (Å²) >= 11 is 0. The van der Waals surface area contributed by atoms with E-state index in [0.717, 1.165) is 34.1 Å². The van der Waals surface area contributed by atoms with Gasteiger partial charge in [-0.15, -0.1) is 4.72 Å². The van der Waals surface area contributed by atoms with Crippen molar-refractivity contribution in [1.29, 1.82) is 0 Å². The number of carboxylic acids is 1. The largest absolute Gasteiger partial charge is 0.481 e. The van der Waals surface area contributed by atoms with E-state index >= 15 is 0 Å². The van der Waals surface area contributed by atoms with Gasteiger partial charge in [0.05, 0.1) is 28.6 Å². The first-order chi connectivity index (χ1) is 13.5. The number of pyridine rings is 1. The van der Waals surface area contributed by atoms with Crippen LogP contribution in [-0.2, 0) is 20.0 Å². The molecule has 3 atom stereocenters. The predicted octanol–water partition coefficient (Wildman–Crippen LogP) is 3.32. The van der Waals surface area contributed by atoms with Gasteiger partial charge >= 0.3 is 5.97 Å². The Morgan fingerprint density at radius 3 is 2.86 bits per heavy atom. The van der Waals surface area contributed by atoms with Crippen molar-refractivity contribution in [2.75, 3.05) is 0 Å². The second-order valence-corrected chi connectivity index (χ2v) is 8.50. The van der Waals surface area contributed by atoms with Crippen molar-refractivity contribution in [2.45, 2.75) is 44.0 Å². The highest BCUT2D eigenvalue weighted by Crippen LogP contribution is 2.33. The Labute approximate surface area is 164 Å². The minimum absolute atomic E-state index is 0.296. The van der Waals surface area contributed by atoms with Crippen LogP contribution in [0.15, 0.2) is 39.9 Å². The summed E-state index contributed by atoms with van der Waals surface area (Å²) in [6.45, 7) is 3.70. The third-order valence-corrected chi connectivity index (χ3v) is 6.73. The molecule has 1 fully saturated rings. The normalized spacial score (nSPS) is 20.5. The van der Waals surface area contributed by atoms with Crippen molar-refractivity contribution in [3.8, 4) is 11.1 Å². The fourth-order valence-electron chi connectivity index (χ4n) is 4.00. The number of nitrogens with zero attached hydrogens (tertiary/aromatic N) is 2. The minimum Gasteiger partial charge on any atom is -0.481 e. The van der Waals surface area contributed by atoms with Crippen LogP contribution in [0.2, 0.25) is 0 Å². The number of nitrogens with one attached hydrogen (secondary N) is 1. The van der Waals surface area contributed by atoms with Crippen LogP contribution in [0.4, 0.5) is 0 Å². The molecule has 7 nitrogen and oxygen atoms in total. The summed E-state index contributed by atoms with van der Waals surface area (Å²) in [7, 11) is -2.00. The molecule has 1 aromatic carbocycles. The molecule has 1 unspecified atom stereocenters. The topological polar surface area (TPSA) is 105 Å². The van der Waals surface area contributed by atoms with E-state index in [2.05, 4.69) is 14.9 Å². The smallest absolute Gasteiger partial charge is 0.308 e. The number of aromatic nitrogens is 2. The SMILES string of the molecule is Cc1noc(C)c1-c1cc([SH+](=O)N[C@@H]2CCC[C@@H]2C(=O)O)c2cccnc2c1. The monoisotopic (exact) mass is 400 g/mol. The number of carbonyl (C=O) groups is 1. The lowest BCUT2D eigenvalue weighted by molar-refractivity contribution is -0.141. The molecule has 1 saturated carbocycles. The fraction of sp³-hybridized carbons (Fsp3) is 0.350. The highest BCUT2D eigenvalue weighted by Gasteiger charge is 2.36. The van der Waals surface area contributed by atoms with Gasteiger partial charge in [-0.05, 0) is 50.5 Å². The van der Waals surface area contributed by atoms with Gasteiger partial charge in [-0.3, -0.25) is 9.78 Å². The van der Waals surface area contributed by atoms with E-state index in [0.29, 0.717) is 23.5 Å². The second-order valence-electron chi connectivity index (χ2n) is 7.17. The minimum atomic E-state index is -2.00. The Morgan fingerprint density at radius 2 is 2.14 bits per heavy atom. The molecule has 0 spiro atoms. The second kappa shape index (κ2) is 7.44. The summed E-state index contributed by atoms with van der Waals surface area (Å²) in [5, 5.41) is 14.2. The van der Waals surface area contributed by atoms with Gasteiger partial charge in [0.25, 0.3) is 0 Å². The molecule has 1 aliphatic rings. The van der Waals surface area contributed by atoms with Gasteiger partial charge in [0.1, 0.15) is 5.76 Å².